The van der Waals surface area contributed by atoms with E-state index in [9.17, 15) is 9.59 Å². The van der Waals surface area contributed by atoms with Crippen molar-refractivity contribution >= 4 is 34.2 Å². The van der Waals surface area contributed by atoms with Crippen LogP contribution in [0.25, 0.3) is 10.8 Å². The molecule has 0 spiro atoms. The average molecular weight is 422 g/mol. The molecule has 0 unspecified atom stereocenters. The molecule has 1 atom stereocenters. The second-order valence-corrected chi connectivity index (χ2v) is 8.96. The van der Waals surface area contributed by atoms with Crippen molar-refractivity contribution in [2.24, 2.45) is 5.92 Å². The zero-order valence-corrected chi connectivity index (χ0v) is 17.7. The molecule has 1 aliphatic heterocycles. The summed E-state index contributed by atoms with van der Waals surface area (Å²) in [5, 5.41) is 10.4. The lowest BCUT2D eigenvalue weighted by Crippen LogP contribution is -2.43. The Hall–Kier alpha value is -2.67. The van der Waals surface area contributed by atoms with Gasteiger partial charge in [-0.05, 0) is 47.6 Å². The molecule has 0 bridgehead atoms. The van der Waals surface area contributed by atoms with E-state index in [0.29, 0.717) is 24.2 Å². The summed E-state index contributed by atoms with van der Waals surface area (Å²) in [5.74, 6) is 0.733. The van der Waals surface area contributed by atoms with Crippen LogP contribution in [0.15, 0.2) is 40.0 Å². The number of amides is 1. The molecule has 1 saturated heterocycles. The lowest BCUT2D eigenvalue weighted by atomic mass is 9.87. The molecule has 1 aliphatic carbocycles. The number of aryl methyl sites for hydroxylation is 3. The zero-order valence-electron chi connectivity index (χ0n) is 16.9. The predicted octanol–water partition coefficient (Wildman–Crippen LogP) is 3.84. The van der Waals surface area contributed by atoms with Crippen molar-refractivity contribution in [3.05, 3.63) is 52.9 Å². The van der Waals surface area contributed by atoms with Gasteiger partial charge >= 0.3 is 0 Å². The van der Waals surface area contributed by atoms with Crippen molar-refractivity contribution in [2.75, 3.05) is 18.8 Å². The molecular formula is C23H23N3O3S. The van der Waals surface area contributed by atoms with Gasteiger partial charge in [-0.2, -0.15) is 0 Å². The fraction of sp³-hybridized carbons (Fsp3) is 0.391. The molecule has 0 N–H and O–H groups in total. The summed E-state index contributed by atoms with van der Waals surface area (Å²) in [5.41, 5.74) is 3.48. The van der Waals surface area contributed by atoms with Crippen LogP contribution in [0.2, 0.25) is 0 Å². The molecule has 0 radical (unpaired) electrons. The van der Waals surface area contributed by atoms with Gasteiger partial charge < -0.3 is 9.32 Å². The molecule has 1 amide bonds. The summed E-state index contributed by atoms with van der Waals surface area (Å²) in [6.07, 6.45) is 3.76. The highest BCUT2D eigenvalue weighted by molar-refractivity contribution is 7.99. The summed E-state index contributed by atoms with van der Waals surface area (Å²) in [6, 6.07) is 10.4. The number of rotatable bonds is 5. The van der Waals surface area contributed by atoms with Gasteiger partial charge in [-0.3, -0.25) is 9.59 Å². The van der Waals surface area contributed by atoms with Crippen LogP contribution >= 0.6 is 11.8 Å². The van der Waals surface area contributed by atoms with Crippen molar-refractivity contribution < 1.29 is 14.0 Å². The minimum absolute atomic E-state index is 0.00811. The second kappa shape index (κ2) is 7.87. The quantitative estimate of drug-likeness (QED) is 0.460. The first-order valence-electron chi connectivity index (χ1n) is 10.4. The topological polar surface area (TPSA) is 76.3 Å². The Balaban J connectivity index is 1.31. The van der Waals surface area contributed by atoms with Crippen molar-refractivity contribution in [3.63, 3.8) is 0 Å². The normalized spacial score (nSPS) is 18.2. The zero-order chi connectivity index (χ0) is 20.7. The van der Waals surface area contributed by atoms with Gasteiger partial charge in [0.25, 0.3) is 5.22 Å². The molecule has 2 aliphatic rings. The second-order valence-electron chi connectivity index (χ2n) is 8.03. The van der Waals surface area contributed by atoms with E-state index in [0.717, 1.165) is 36.6 Å². The number of nitrogens with zero attached hydrogens (tertiary/aromatic N) is 3. The number of aromatic nitrogens is 2. The maximum absolute atomic E-state index is 13.4. The van der Waals surface area contributed by atoms with Crippen molar-refractivity contribution in [3.8, 4) is 0 Å². The molecule has 3 aromatic rings. The molecule has 2 heterocycles. The summed E-state index contributed by atoms with van der Waals surface area (Å²) in [6.45, 7) is 2.89. The molecule has 0 saturated carbocycles. The summed E-state index contributed by atoms with van der Waals surface area (Å²) >= 11 is 1.24. The minimum atomic E-state index is -0.156. The Morgan fingerprint density at radius 3 is 2.80 bits per heavy atom. The van der Waals surface area contributed by atoms with Gasteiger partial charge in [0.2, 0.25) is 11.8 Å². The number of hydrogen-bond donors (Lipinski definition) is 0. The lowest BCUT2D eigenvalue weighted by Gasteiger charge is -2.32. The van der Waals surface area contributed by atoms with Gasteiger partial charge in [0.1, 0.15) is 0 Å². The summed E-state index contributed by atoms with van der Waals surface area (Å²) < 4.78 is 5.32. The third-order valence-electron chi connectivity index (χ3n) is 6.11. The molecule has 2 aromatic carbocycles. The van der Waals surface area contributed by atoms with E-state index in [1.807, 2.05) is 11.0 Å². The Labute approximate surface area is 179 Å². The standard InChI is InChI=1S/C23H23N3O3S/c1-14-24-25-23(29-14)30-13-20(27)26-11-3-5-17(12-26)22(28)19-10-9-16-8-7-15-4-2-6-18(19)21(15)16/h2,4,6,9-10,17H,3,5,7-8,11-13H2,1H3/t17-/m1/s1. The number of Topliss-reactive ketones (excluding diaryl/α,β-unsaturated/α-hetero) is 1. The highest BCUT2D eigenvalue weighted by Crippen LogP contribution is 2.34. The number of thioether (sulfide) groups is 1. The summed E-state index contributed by atoms with van der Waals surface area (Å²) in [7, 11) is 0. The van der Waals surface area contributed by atoms with Crippen LogP contribution in [0.5, 0.6) is 0 Å². The Morgan fingerprint density at radius 2 is 2.00 bits per heavy atom. The Kier molecular flexibility index (Phi) is 5.06. The van der Waals surface area contributed by atoms with Crippen LogP contribution < -0.4 is 0 Å². The summed E-state index contributed by atoms with van der Waals surface area (Å²) in [4.78, 5) is 27.9. The van der Waals surface area contributed by atoms with Gasteiger partial charge in [-0.25, -0.2) is 0 Å². The lowest BCUT2D eigenvalue weighted by molar-refractivity contribution is -0.129. The number of hydrogen-bond acceptors (Lipinski definition) is 6. The average Bonchev–Trinajstić information content (AvgIpc) is 3.39. The van der Waals surface area contributed by atoms with Crippen LogP contribution in [0.4, 0.5) is 0 Å². The largest absolute Gasteiger partial charge is 0.416 e. The first-order chi connectivity index (χ1) is 14.6. The molecule has 1 aromatic heterocycles. The van der Waals surface area contributed by atoms with Crippen molar-refractivity contribution in [1.82, 2.24) is 15.1 Å². The highest BCUT2D eigenvalue weighted by atomic mass is 32.2. The maximum Gasteiger partial charge on any atom is 0.277 e. The maximum atomic E-state index is 13.4. The van der Waals surface area contributed by atoms with Crippen LogP contribution in [-0.2, 0) is 17.6 Å². The minimum Gasteiger partial charge on any atom is -0.416 e. The Morgan fingerprint density at radius 1 is 1.17 bits per heavy atom. The van der Waals surface area contributed by atoms with Crippen LogP contribution in [0.1, 0.15) is 40.2 Å². The molecule has 154 valence electrons. The highest BCUT2D eigenvalue weighted by Gasteiger charge is 2.30. The molecule has 5 rings (SSSR count). The van der Waals surface area contributed by atoms with Gasteiger partial charge in [0.15, 0.2) is 5.78 Å². The SMILES string of the molecule is Cc1nnc(SCC(=O)N2CCC[C@@H](C(=O)c3ccc4c5c(cccc35)CC4)C2)o1. The molecular weight excluding hydrogens is 398 g/mol. The number of carbonyl (C=O) groups excluding carboxylic acids is 2. The van der Waals surface area contributed by atoms with E-state index < -0.39 is 0 Å². The Bertz CT molecular complexity index is 1130. The first kappa shape index (κ1) is 19.3. The van der Waals surface area contributed by atoms with Crippen LogP contribution in [-0.4, -0.2) is 45.6 Å². The number of carbonyl (C=O) groups is 2. The van der Waals surface area contributed by atoms with Crippen molar-refractivity contribution in [2.45, 2.75) is 37.8 Å². The van der Waals surface area contributed by atoms with E-state index in [4.69, 9.17) is 4.42 Å². The molecule has 6 nitrogen and oxygen atoms in total. The van der Waals surface area contributed by atoms with Gasteiger partial charge in [-0.1, -0.05) is 42.1 Å². The molecule has 1 fully saturated rings. The fourth-order valence-corrected chi connectivity index (χ4v) is 5.36. The van der Waals surface area contributed by atoms with E-state index in [1.165, 1.54) is 28.3 Å². The van der Waals surface area contributed by atoms with E-state index >= 15 is 0 Å². The van der Waals surface area contributed by atoms with Crippen molar-refractivity contribution in [1.29, 1.82) is 0 Å². The van der Waals surface area contributed by atoms with E-state index in [1.54, 1.807) is 6.92 Å². The molecule has 30 heavy (non-hydrogen) atoms. The van der Waals surface area contributed by atoms with E-state index in [2.05, 4.69) is 34.5 Å². The number of likely N-dealkylation sites (tertiary alicyclic amines) is 1. The first-order valence-corrected chi connectivity index (χ1v) is 11.4. The van der Waals surface area contributed by atoms with Crippen LogP contribution in [0, 0.1) is 12.8 Å². The molecule has 7 heteroatoms. The third kappa shape index (κ3) is 3.51. The monoisotopic (exact) mass is 421 g/mol. The number of benzene rings is 2. The number of ketones is 1. The van der Waals surface area contributed by atoms with Gasteiger partial charge in [0.05, 0.1) is 5.75 Å². The van der Waals surface area contributed by atoms with E-state index in [-0.39, 0.29) is 23.4 Å². The van der Waals surface area contributed by atoms with Gasteiger partial charge in [0, 0.05) is 31.5 Å². The van der Waals surface area contributed by atoms with Crippen LogP contribution in [0.3, 0.4) is 0 Å². The predicted molar refractivity (Wildman–Crippen MR) is 115 cm³/mol. The fourth-order valence-electron chi connectivity index (χ4n) is 4.65. The number of piperidine rings is 1. The van der Waals surface area contributed by atoms with Gasteiger partial charge in [-0.15, -0.1) is 10.2 Å². The smallest absolute Gasteiger partial charge is 0.277 e. The third-order valence-corrected chi connectivity index (χ3v) is 6.92.